The van der Waals surface area contributed by atoms with E-state index in [0.29, 0.717) is 11.8 Å². The van der Waals surface area contributed by atoms with E-state index >= 15 is 0 Å². The number of carbonyl (C=O) groups excluding carboxylic acids is 2. The highest BCUT2D eigenvalue weighted by Gasteiger charge is 2.37. The standard InChI is InChI=1S/C22H36N4O4/c1-21(2,3)19-25-15(11-29-19)17(27)23-13-9-7-8-10-14(13)24-18(28)16-12-30-20(26-16)22(4,5)6/h13-16H,7-12H2,1-6H3,(H,23,27)(H,24,28)/t13-,14-,15+,16+/m1/s1. The molecule has 1 aliphatic carbocycles. The van der Waals surface area contributed by atoms with E-state index in [1.807, 2.05) is 41.5 Å². The van der Waals surface area contributed by atoms with Gasteiger partial charge in [0, 0.05) is 22.9 Å². The SMILES string of the molecule is CC(C)(C)C1=N[C@H](C(=O)N[C@@H]2CCCC[C@H]2NC(=O)[C@@H]2COC(C(C)(C)C)=N2)CO1. The van der Waals surface area contributed by atoms with Gasteiger partial charge in [-0.05, 0) is 12.8 Å². The Labute approximate surface area is 179 Å². The summed E-state index contributed by atoms with van der Waals surface area (Å²) < 4.78 is 11.3. The molecule has 3 rings (SSSR count). The fourth-order valence-electron chi connectivity index (χ4n) is 3.87. The predicted molar refractivity (Wildman–Crippen MR) is 116 cm³/mol. The van der Waals surface area contributed by atoms with E-state index in [4.69, 9.17) is 9.47 Å². The van der Waals surface area contributed by atoms with Crippen molar-refractivity contribution in [3.8, 4) is 0 Å². The molecule has 30 heavy (non-hydrogen) atoms. The number of nitrogens with one attached hydrogen (secondary N) is 2. The van der Waals surface area contributed by atoms with E-state index in [1.54, 1.807) is 0 Å². The van der Waals surface area contributed by atoms with Crippen molar-refractivity contribution in [3.63, 3.8) is 0 Å². The van der Waals surface area contributed by atoms with Crippen LogP contribution >= 0.6 is 0 Å². The van der Waals surface area contributed by atoms with Crippen LogP contribution in [0.4, 0.5) is 0 Å². The van der Waals surface area contributed by atoms with Crippen LogP contribution in [0.15, 0.2) is 9.98 Å². The molecule has 3 aliphatic rings. The fourth-order valence-corrected chi connectivity index (χ4v) is 3.87. The van der Waals surface area contributed by atoms with Crippen molar-refractivity contribution in [1.29, 1.82) is 0 Å². The van der Waals surface area contributed by atoms with Crippen LogP contribution in [0.2, 0.25) is 0 Å². The van der Waals surface area contributed by atoms with Crippen molar-refractivity contribution in [1.82, 2.24) is 10.6 Å². The molecular weight excluding hydrogens is 384 g/mol. The van der Waals surface area contributed by atoms with E-state index in [-0.39, 0.29) is 47.9 Å². The molecule has 0 unspecified atom stereocenters. The van der Waals surface area contributed by atoms with Gasteiger partial charge in [-0.1, -0.05) is 54.4 Å². The molecule has 1 saturated carbocycles. The van der Waals surface area contributed by atoms with Gasteiger partial charge in [0.1, 0.15) is 13.2 Å². The van der Waals surface area contributed by atoms with Gasteiger partial charge in [0.25, 0.3) is 0 Å². The number of ether oxygens (including phenoxy) is 2. The number of rotatable bonds is 4. The van der Waals surface area contributed by atoms with Crippen molar-refractivity contribution >= 4 is 23.6 Å². The normalized spacial score (nSPS) is 29.4. The quantitative estimate of drug-likeness (QED) is 0.728. The number of hydrogen-bond donors (Lipinski definition) is 2. The molecule has 0 spiro atoms. The van der Waals surface area contributed by atoms with E-state index < -0.39 is 12.1 Å². The second-order valence-electron chi connectivity index (χ2n) is 10.5. The van der Waals surface area contributed by atoms with Crippen molar-refractivity contribution in [2.24, 2.45) is 20.8 Å². The zero-order valence-corrected chi connectivity index (χ0v) is 19.1. The smallest absolute Gasteiger partial charge is 0.248 e. The summed E-state index contributed by atoms with van der Waals surface area (Å²) in [5.41, 5.74) is -0.432. The highest BCUT2D eigenvalue weighted by Crippen LogP contribution is 2.25. The Kier molecular flexibility index (Phi) is 6.43. The number of carbonyl (C=O) groups is 2. The molecule has 2 amide bonds. The Morgan fingerprint density at radius 1 is 0.767 bits per heavy atom. The van der Waals surface area contributed by atoms with Gasteiger partial charge in [-0.3, -0.25) is 9.59 Å². The Morgan fingerprint density at radius 2 is 1.13 bits per heavy atom. The van der Waals surface area contributed by atoms with Gasteiger partial charge in [-0.2, -0.15) is 0 Å². The van der Waals surface area contributed by atoms with Crippen LogP contribution in [-0.2, 0) is 19.1 Å². The first kappa shape index (κ1) is 22.6. The first-order valence-corrected chi connectivity index (χ1v) is 11.0. The van der Waals surface area contributed by atoms with Crippen molar-refractivity contribution in [3.05, 3.63) is 0 Å². The third-order valence-corrected chi connectivity index (χ3v) is 5.61. The van der Waals surface area contributed by atoms with Gasteiger partial charge in [0.05, 0.1) is 0 Å². The van der Waals surface area contributed by atoms with Crippen LogP contribution in [-0.4, -0.2) is 61.0 Å². The summed E-state index contributed by atoms with van der Waals surface area (Å²) in [7, 11) is 0. The van der Waals surface area contributed by atoms with Crippen molar-refractivity contribution < 1.29 is 19.1 Å². The number of amides is 2. The molecule has 0 aromatic heterocycles. The molecule has 1 fully saturated rings. The first-order valence-electron chi connectivity index (χ1n) is 11.0. The molecule has 0 aromatic rings. The van der Waals surface area contributed by atoms with Gasteiger partial charge in [-0.25, -0.2) is 9.98 Å². The molecular formula is C22H36N4O4. The monoisotopic (exact) mass is 420 g/mol. The Morgan fingerprint density at radius 3 is 1.43 bits per heavy atom. The first-order chi connectivity index (χ1) is 13.9. The molecule has 2 N–H and O–H groups in total. The molecule has 168 valence electrons. The van der Waals surface area contributed by atoms with Crippen LogP contribution < -0.4 is 10.6 Å². The van der Waals surface area contributed by atoms with Gasteiger partial charge < -0.3 is 20.1 Å². The van der Waals surface area contributed by atoms with E-state index in [9.17, 15) is 9.59 Å². The molecule has 0 saturated heterocycles. The van der Waals surface area contributed by atoms with Crippen LogP contribution in [0.1, 0.15) is 67.2 Å². The molecule has 8 nitrogen and oxygen atoms in total. The second kappa shape index (κ2) is 8.55. The van der Waals surface area contributed by atoms with Crippen LogP contribution in [0.25, 0.3) is 0 Å². The lowest BCUT2D eigenvalue weighted by Crippen LogP contribution is -2.56. The average Bonchev–Trinajstić information content (AvgIpc) is 3.32. The molecule has 0 bridgehead atoms. The molecule has 2 aliphatic heterocycles. The molecule has 0 radical (unpaired) electrons. The van der Waals surface area contributed by atoms with Crippen LogP contribution in [0.5, 0.6) is 0 Å². The number of aliphatic imine (C=N–C) groups is 2. The maximum atomic E-state index is 12.8. The lowest BCUT2D eigenvalue weighted by atomic mass is 9.89. The summed E-state index contributed by atoms with van der Waals surface area (Å²) in [6, 6.07) is -1.28. The molecule has 4 atom stereocenters. The Hall–Kier alpha value is -2.12. The Bertz CT molecular complexity index is 670. The second-order valence-corrected chi connectivity index (χ2v) is 10.5. The molecule has 8 heteroatoms. The van der Waals surface area contributed by atoms with E-state index in [2.05, 4.69) is 20.6 Å². The largest absolute Gasteiger partial charge is 0.478 e. The highest BCUT2D eigenvalue weighted by molar-refractivity contribution is 5.92. The molecule has 2 heterocycles. The lowest BCUT2D eigenvalue weighted by molar-refractivity contribution is -0.126. The topological polar surface area (TPSA) is 101 Å². The number of nitrogens with zero attached hydrogens (tertiary/aromatic N) is 2. The van der Waals surface area contributed by atoms with Crippen molar-refractivity contribution in [2.75, 3.05) is 13.2 Å². The summed E-state index contributed by atoms with van der Waals surface area (Å²) in [4.78, 5) is 34.5. The minimum atomic E-state index is -0.528. The zero-order valence-electron chi connectivity index (χ0n) is 19.1. The third kappa shape index (κ3) is 5.32. The maximum Gasteiger partial charge on any atom is 0.248 e. The fraction of sp³-hybridized carbons (Fsp3) is 0.818. The summed E-state index contributed by atoms with van der Waals surface area (Å²) in [6.45, 7) is 12.6. The van der Waals surface area contributed by atoms with Gasteiger partial charge in [-0.15, -0.1) is 0 Å². The van der Waals surface area contributed by atoms with E-state index in [1.165, 1.54) is 0 Å². The summed E-state index contributed by atoms with van der Waals surface area (Å²) in [5.74, 6) is 0.949. The highest BCUT2D eigenvalue weighted by atomic mass is 16.5. The summed E-state index contributed by atoms with van der Waals surface area (Å²) in [5, 5.41) is 6.21. The average molecular weight is 421 g/mol. The zero-order chi connectivity index (χ0) is 22.1. The minimum Gasteiger partial charge on any atom is -0.478 e. The maximum absolute atomic E-state index is 12.8. The van der Waals surface area contributed by atoms with Crippen molar-refractivity contribution in [2.45, 2.75) is 91.4 Å². The number of hydrogen-bond acceptors (Lipinski definition) is 6. The minimum absolute atomic E-state index is 0.113. The van der Waals surface area contributed by atoms with Crippen LogP contribution in [0.3, 0.4) is 0 Å². The van der Waals surface area contributed by atoms with E-state index in [0.717, 1.165) is 25.7 Å². The summed E-state index contributed by atoms with van der Waals surface area (Å²) in [6.07, 6.45) is 3.71. The molecule has 0 aromatic carbocycles. The third-order valence-electron chi connectivity index (χ3n) is 5.61. The van der Waals surface area contributed by atoms with Gasteiger partial charge >= 0.3 is 0 Å². The summed E-state index contributed by atoms with van der Waals surface area (Å²) >= 11 is 0. The predicted octanol–water partition coefficient (Wildman–Crippen LogP) is 2.22. The Balaban J connectivity index is 1.59. The lowest BCUT2D eigenvalue weighted by Gasteiger charge is -2.33. The van der Waals surface area contributed by atoms with Crippen LogP contribution in [0, 0.1) is 10.8 Å². The van der Waals surface area contributed by atoms with Gasteiger partial charge in [0.15, 0.2) is 23.9 Å². The van der Waals surface area contributed by atoms with Gasteiger partial charge in [0.2, 0.25) is 11.8 Å².